The van der Waals surface area contributed by atoms with Gasteiger partial charge in [-0.15, -0.1) is 0 Å². The molecular weight excluding hydrogens is 370 g/mol. The Morgan fingerprint density at radius 1 is 1.27 bits per heavy atom. The average molecular weight is 390 g/mol. The fourth-order valence-electron chi connectivity index (χ4n) is 2.75. The van der Waals surface area contributed by atoms with E-state index in [0.717, 1.165) is 35.2 Å². The van der Waals surface area contributed by atoms with Gasteiger partial charge in [-0.1, -0.05) is 36.7 Å². The third-order valence-corrected chi connectivity index (χ3v) is 5.19. The first-order valence-electron chi connectivity index (χ1n) is 8.57. The highest BCUT2D eigenvalue weighted by Crippen LogP contribution is 2.29. The van der Waals surface area contributed by atoms with Gasteiger partial charge in [0.25, 0.3) is 0 Å². The molecular formula is C19H20ClN3O2S. The van der Waals surface area contributed by atoms with E-state index in [-0.39, 0.29) is 12.3 Å². The SMILES string of the molecule is CCc1ccc(Cl)c(CC)c1NC(=O)CCc1nc(-c2ccsc2)no1. The summed E-state index contributed by atoms with van der Waals surface area (Å²) in [5.74, 6) is 0.920. The maximum Gasteiger partial charge on any atom is 0.227 e. The Hall–Kier alpha value is -2.18. The Morgan fingerprint density at radius 3 is 2.81 bits per heavy atom. The van der Waals surface area contributed by atoms with Gasteiger partial charge in [0.2, 0.25) is 17.6 Å². The fourth-order valence-corrected chi connectivity index (χ4v) is 3.68. The zero-order valence-corrected chi connectivity index (χ0v) is 16.3. The summed E-state index contributed by atoms with van der Waals surface area (Å²) in [5.41, 5.74) is 3.81. The first kappa shape index (κ1) is 18.6. The highest BCUT2D eigenvalue weighted by Gasteiger charge is 2.15. The van der Waals surface area contributed by atoms with E-state index in [9.17, 15) is 4.79 Å². The van der Waals surface area contributed by atoms with Crippen molar-refractivity contribution in [3.63, 3.8) is 0 Å². The zero-order valence-electron chi connectivity index (χ0n) is 14.7. The van der Waals surface area contributed by atoms with Crippen LogP contribution >= 0.6 is 22.9 Å². The molecule has 0 bridgehead atoms. The Bertz CT molecular complexity index is 890. The lowest BCUT2D eigenvalue weighted by molar-refractivity contribution is -0.116. The van der Waals surface area contributed by atoms with Crippen LogP contribution in [0.1, 0.15) is 37.3 Å². The van der Waals surface area contributed by atoms with Crippen LogP contribution < -0.4 is 5.32 Å². The van der Waals surface area contributed by atoms with E-state index in [1.54, 1.807) is 11.3 Å². The first-order chi connectivity index (χ1) is 12.6. The summed E-state index contributed by atoms with van der Waals surface area (Å²) in [6.45, 7) is 4.09. The predicted molar refractivity (Wildman–Crippen MR) is 105 cm³/mol. The van der Waals surface area contributed by atoms with Crippen molar-refractivity contribution in [3.8, 4) is 11.4 Å². The van der Waals surface area contributed by atoms with Gasteiger partial charge in [-0.05, 0) is 41.5 Å². The number of hydrogen-bond donors (Lipinski definition) is 1. The number of aromatic nitrogens is 2. The van der Waals surface area contributed by atoms with Gasteiger partial charge in [0.15, 0.2) is 0 Å². The molecule has 136 valence electrons. The largest absolute Gasteiger partial charge is 0.339 e. The number of nitrogens with zero attached hydrogens (tertiary/aromatic N) is 2. The summed E-state index contributed by atoms with van der Waals surface area (Å²) in [7, 11) is 0. The minimum absolute atomic E-state index is 0.0908. The minimum atomic E-state index is -0.0908. The van der Waals surface area contributed by atoms with E-state index in [4.69, 9.17) is 16.1 Å². The molecule has 2 aromatic heterocycles. The van der Waals surface area contributed by atoms with Crippen LogP contribution in [-0.2, 0) is 24.1 Å². The molecule has 0 unspecified atom stereocenters. The number of thiophene rings is 1. The quantitative estimate of drug-likeness (QED) is 0.606. The summed E-state index contributed by atoms with van der Waals surface area (Å²) < 4.78 is 5.24. The maximum absolute atomic E-state index is 12.4. The molecule has 0 radical (unpaired) electrons. The zero-order chi connectivity index (χ0) is 18.5. The Balaban J connectivity index is 1.66. The average Bonchev–Trinajstić information content (AvgIpc) is 3.32. The van der Waals surface area contributed by atoms with Crippen LogP contribution in [0.2, 0.25) is 5.02 Å². The molecule has 0 aliphatic rings. The van der Waals surface area contributed by atoms with E-state index >= 15 is 0 Å². The normalized spacial score (nSPS) is 10.9. The summed E-state index contributed by atoms with van der Waals surface area (Å²) in [6, 6.07) is 5.78. The molecule has 0 aliphatic heterocycles. The molecule has 0 saturated heterocycles. The number of carbonyl (C=O) groups is 1. The van der Waals surface area contributed by atoms with Gasteiger partial charge < -0.3 is 9.84 Å². The molecule has 26 heavy (non-hydrogen) atoms. The molecule has 2 heterocycles. The Morgan fingerprint density at radius 2 is 2.12 bits per heavy atom. The number of nitrogens with one attached hydrogen (secondary N) is 1. The van der Waals surface area contributed by atoms with Crippen LogP contribution in [0.15, 0.2) is 33.5 Å². The number of amides is 1. The maximum atomic E-state index is 12.4. The van der Waals surface area contributed by atoms with Crippen molar-refractivity contribution < 1.29 is 9.32 Å². The molecule has 3 aromatic rings. The highest BCUT2D eigenvalue weighted by atomic mass is 35.5. The monoisotopic (exact) mass is 389 g/mol. The fraction of sp³-hybridized carbons (Fsp3) is 0.316. The van der Waals surface area contributed by atoms with Crippen molar-refractivity contribution in [2.45, 2.75) is 39.5 Å². The minimum Gasteiger partial charge on any atom is -0.339 e. The first-order valence-corrected chi connectivity index (χ1v) is 9.89. The van der Waals surface area contributed by atoms with Crippen LogP contribution in [0, 0.1) is 0 Å². The van der Waals surface area contributed by atoms with E-state index in [1.165, 1.54) is 0 Å². The molecule has 5 nitrogen and oxygen atoms in total. The predicted octanol–water partition coefficient (Wildman–Crippen LogP) is 5.15. The summed E-state index contributed by atoms with van der Waals surface area (Å²) in [5, 5.41) is 11.6. The molecule has 0 spiro atoms. The number of hydrogen-bond acceptors (Lipinski definition) is 5. The second-order valence-electron chi connectivity index (χ2n) is 5.84. The molecule has 1 N–H and O–H groups in total. The molecule has 0 saturated carbocycles. The molecule has 0 fully saturated rings. The summed E-state index contributed by atoms with van der Waals surface area (Å²) in [6.07, 6.45) is 2.25. The molecule has 7 heteroatoms. The number of anilines is 1. The highest BCUT2D eigenvalue weighted by molar-refractivity contribution is 7.08. The van der Waals surface area contributed by atoms with Crippen molar-refractivity contribution in [1.82, 2.24) is 10.1 Å². The van der Waals surface area contributed by atoms with Crippen LogP contribution in [-0.4, -0.2) is 16.0 Å². The van der Waals surface area contributed by atoms with Crippen molar-refractivity contribution in [3.05, 3.63) is 51.0 Å². The van der Waals surface area contributed by atoms with E-state index in [2.05, 4.69) is 22.4 Å². The van der Waals surface area contributed by atoms with Crippen molar-refractivity contribution in [2.75, 3.05) is 5.32 Å². The van der Waals surface area contributed by atoms with Gasteiger partial charge in [0, 0.05) is 34.5 Å². The van der Waals surface area contributed by atoms with Crippen LogP contribution in [0.3, 0.4) is 0 Å². The van der Waals surface area contributed by atoms with E-state index < -0.39 is 0 Å². The van der Waals surface area contributed by atoms with Crippen molar-refractivity contribution in [2.24, 2.45) is 0 Å². The lowest BCUT2D eigenvalue weighted by atomic mass is 10.0. The van der Waals surface area contributed by atoms with Crippen LogP contribution in [0.25, 0.3) is 11.4 Å². The third-order valence-electron chi connectivity index (χ3n) is 4.15. The number of benzene rings is 1. The number of rotatable bonds is 7. The number of halogens is 1. The van der Waals surface area contributed by atoms with E-state index in [1.807, 2.05) is 35.9 Å². The van der Waals surface area contributed by atoms with Crippen LogP contribution in [0.5, 0.6) is 0 Å². The second kappa shape index (κ2) is 8.47. The number of aryl methyl sites for hydroxylation is 2. The third kappa shape index (κ3) is 4.14. The molecule has 0 atom stereocenters. The lowest BCUT2D eigenvalue weighted by Crippen LogP contribution is -2.15. The second-order valence-corrected chi connectivity index (χ2v) is 7.03. The van der Waals surface area contributed by atoms with Gasteiger partial charge in [0.05, 0.1) is 0 Å². The van der Waals surface area contributed by atoms with E-state index in [0.29, 0.717) is 23.2 Å². The molecule has 1 aromatic carbocycles. The van der Waals surface area contributed by atoms with Gasteiger partial charge in [0.1, 0.15) is 0 Å². The van der Waals surface area contributed by atoms with Crippen molar-refractivity contribution >= 4 is 34.5 Å². The smallest absolute Gasteiger partial charge is 0.227 e. The topological polar surface area (TPSA) is 68.0 Å². The van der Waals surface area contributed by atoms with Gasteiger partial charge in [-0.3, -0.25) is 4.79 Å². The van der Waals surface area contributed by atoms with Crippen molar-refractivity contribution in [1.29, 1.82) is 0 Å². The summed E-state index contributed by atoms with van der Waals surface area (Å²) in [4.78, 5) is 16.8. The standard InChI is InChI=1S/C19H20ClN3O2S/c1-3-12-5-6-15(20)14(4-2)18(12)21-16(24)7-8-17-22-19(23-25-17)13-9-10-26-11-13/h5-6,9-11H,3-4,7-8H2,1-2H3,(H,21,24). The molecule has 1 amide bonds. The Labute approximate surface area is 161 Å². The van der Waals surface area contributed by atoms with Crippen LogP contribution in [0.4, 0.5) is 5.69 Å². The Kier molecular flexibility index (Phi) is 6.06. The molecule has 3 rings (SSSR count). The lowest BCUT2D eigenvalue weighted by Gasteiger charge is -2.15. The molecule has 0 aliphatic carbocycles. The summed E-state index contributed by atoms with van der Waals surface area (Å²) >= 11 is 7.86. The van der Waals surface area contributed by atoms with Gasteiger partial charge in [-0.25, -0.2) is 0 Å². The van der Waals surface area contributed by atoms with Gasteiger partial charge in [-0.2, -0.15) is 16.3 Å². The number of carbonyl (C=O) groups excluding carboxylic acids is 1. The van der Waals surface area contributed by atoms with Gasteiger partial charge >= 0.3 is 0 Å².